The first kappa shape index (κ1) is 14.2. The van der Waals surface area contributed by atoms with E-state index in [1.165, 1.54) is 0 Å². The summed E-state index contributed by atoms with van der Waals surface area (Å²) in [5, 5.41) is 19.9. The minimum absolute atomic E-state index is 0.129. The molecule has 23 heavy (non-hydrogen) atoms. The molecule has 1 aromatic carbocycles. The largest absolute Gasteiger partial charge is 0.386 e. The lowest BCUT2D eigenvalue weighted by Gasteiger charge is -2.26. The zero-order valence-corrected chi connectivity index (χ0v) is 12.9. The lowest BCUT2D eigenvalue weighted by Crippen LogP contribution is -2.39. The molecular weight excluding hydrogens is 292 g/mol. The van der Waals surface area contributed by atoms with Crippen LogP contribution in [0.4, 0.5) is 0 Å². The summed E-state index contributed by atoms with van der Waals surface area (Å²) >= 11 is 0. The van der Waals surface area contributed by atoms with E-state index in [0.29, 0.717) is 6.61 Å². The monoisotopic (exact) mass is 308 g/mol. The van der Waals surface area contributed by atoms with Crippen LogP contribution >= 0.6 is 0 Å². The normalized spacial score (nSPS) is 43.6. The maximum atomic E-state index is 10.0. The van der Waals surface area contributed by atoms with Crippen LogP contribution in [0.1, 0.15) is 24.0 Å². The topological polar surface area (TPSA) is 104 Å². The first-order valence-corrected chi connectivity index (χ1v) is 7.54. The molecule has 0 unspecified atom stereocenters. The zero-order valence-electron chi connectivity index (χ0n) is 12.9. The van der Waals surface area contributed by atoms with Gasteiger partial charge in [-0.1, -0.05) is 24.3 Å². The van der Waals surface area contributed by atoms with Gasteiger partial charge in [-0.2, -0.15) is 10.5 Å². The van der Waals surface area contributed by atoms with Gasteiger partial charge in [-0.15, -0.1) is 0 Å². The standard InChI is InChI=1S/C17H16N4O2/c1-10-5-3-4-6-12(10)13-15(8-18)14(20)21-17(16(13,15)9-19)22-7-11(2)23-17/h3-6,11,13H,7H2,1-2H3,(H2,20,21)/t11-,13+,15+,16+,17+/m0/s1. The van der Waals surface area contributed by atoms with E-state index in [1.54, 1.807) is 0 Å². The summed E-state index contributed by atoms with van der Waals surface area (Å²) in [5.74, 6) is -1.76. The van der Waals surface area contributed by atoms with Crippen LogP contribution in [0, 0.1) is 40.4 Å². The fraction of sp³-hybridized carbons (Fsp3) is 0.471. The van der Waals surface area contributed by atoms with E-state index in [4.69, 9.17) is 15.2 Å². The highest BCUT2D eigenvalue weighted by atomic mass is 16.8. The first-order chi connectivity index (χ1) is 11.0. The van der Waals surface area contributed by atoms with E-state index in [-0.39, 0.29) is 11.9 Å². The molecule has 1 saturated carbocycles. The van der Waals surface area contributed by atoms with Crippen molar-refractivity contribution in [1.82, 2.24) is 0 Å². The van der Waals surface area contributed by atoms with Gasteiger partial charge < -0.3 is 15.2 Å². The number of aryl methyl sites for hydroxylation is 1. The second kappa shape index (κ2) is 4.11. The van der Waals surface area contributed by atoms with Crippen LogP contribution in [0.5, 0.6) is 0 Å². The Morgan fingerprint density at radius 3 is 2.61 bits per heavy atom. The zero-order chi connectivity index (χ0) is 16.5. The predicted octanol–water partition coefficient (Wildman–Crippen LogP) is 1.57. The molecule has 6 heteroatoms. The lowest BCUT2D eigenvalue weighted by atomic mass is 9.93. The highest BCUT2D eigenvalue weighted by Gasteiger charge is 2.94. The van der Waals surface area contributed by atoms with Crippen molar-refractivity contribution in [3.63, 3.8) is 0 Å². The Labute approximate surface area is 134 Å². The molecule has 3 aliphatic rings. The number of benzene rings is 1. The summed E-state index contributed by atoms with van der Waals surface area (Å²) in [6.07, 6.45) is -0.204. The van der Waals surface area contributed by atoms with Gasteiger partial charge in [0.15, 0.2) is 5.41 Å². The van der Waals surface area contributed by atoms with Crippen LogP contribution in [0.3, 0.4) is 0 Å². The number of rotatable bonds is 1. The Morgan fingerprint density at radius 1 is 1.30 bits per heavy atom. The molecule has 0 aromatic heterocycles. The Hall–Kier alpha value is -2.41. The molecular formula is C17H16N4O2. The van der Waals surface area contributed by atoms with Crippen molar-refractivity contribution in [2.75, 3.05) is 6.61 Å². The fourth-order valence-electron chi connectivity index (χ4n) is 4.24. The van der Waals surface area contributed by atoms with Crippen LogP contribution in [0.2, 0.25) is 0 Å². The van der Waals surface area contributed by atoms with Crippen LogP contribution in [0.25, 0.3) is 0 Å². The van der Waals surface area contributed by atoms with Gasteiger partial charge in [0.25, 0.3) is 5.91 Å². The van der Waals surface area contributed by atoms with E-state index < -0.39 is 22.7 Å². The van der Waals surface area contributed by atoms with Crippen molar-refractivity contribution in [3.05, 3.63) is 35.4 Å². The quantitative estimate of drug-likeness (QED) is 0.848. The molecule has 0 amide bonds. The Balaban J connectivity index is 1.95. The summed E-state index contributed by atoms with van der Waals surface area (Å²) in [6.45, 7) is 4.13. The molecule has 1 aliphatic carbocycles. The molecule has 2 fully saturated rings. The molecule has 1 aromatic rings. The van der Waals surface area contributed by atoms with Gasteiger partial charge in [-0.25, -0.2) is 4.99 Å². The third kappa shape index (κ3) is 1.29. The lowest BCUT2D eigenvalue weighted by molar-refractivity contribution is -0.193. The van der Waals surface area contributed by atoms with Crippen molar-refractivity contribution >= 4 is 5.84 Å². The second-order valence-corrected chi connectivity index (χ2v) is 6.45. The minimum atomic E-state index is -1.48. The number of fused-ring (bicyclic) bond motifs is 2. The number of nitrogens with zero attached hydrogens (tertiary/aromatic N) is 3. The second-order valence-electron chi connectivity index (χ2n) is 6.45. The van der Waals surface area contributed by atoms with E-state index in [9.17, 15) is 10.5 Å². The third-order valence-corrected chi connectivity index (χ3v) is 5.30. The van der Waals surface area contributed by atoms with E-state index in [0.717, 1.165) is 11.1 Å². The fourth-order valence-corrected chi connectivity index (χ4v) is 4.24. The van der Waals surface area contributed by atoms with Gasteiger partial charge in [0.05, 0.1) is 24.8 Å². The van der Waals surface area contributed by atoms with Crippen LogP contribution in [-0.2, 0) is 9.47 Å². The van der Waals surface area contributed by atoms with Crippen LogP contribution in [-0.4, -0.2) is 24.5 Å². The van der Waals surface area contributed by atoms with Crippen molar-refractivity contribution in [2.45, 2.75) is 31.8 Å². The van der Waals surface area contributed by atoms with Crippen LogP contribution < -0.4 is 5.73 Å². The summed E-state index contributed by atoms with van der Waals surface area (Å²) in [7, 11) is 0. The Bertz CT molecular complexity index is 823. The Morgan fingerprint density at radius 2 is 2.04 bits per heavy atom. The van der Waals surface area contributed by atoms with Gasteiger partial charge in [0.1, 0.15) is 11.3 Å². The summed E-state index contributed by atoms with van der Waals surface area (Å²) in [4.78, 5) is 4.30. The maximum Gasteiger partial charge on any atom is 0.293 e. The van der Waals surface area contributed by atoms with E-state index in [1.807, 2.05) is 38.1 Å². The maximum absolute atomic E-state index is 10.0. The predicted molar refractivity (Wildman–Crippen MR) is 80.9 cm³/mol. The van der Waals surface area contributed by atoms with Gasteiger partial charge in [-0.3, -0.25) is 0 Å². The number of nitrogens with two attached hydrogens (primary N) is 1. The molecule has 1 spiro atoms. The molecule has 2 N–H and O–H groups in total. The van der Waals surface area contributed by atoms with Gasteiger partial charge in [-0.05, 0) is 25.0 Å². The summed E-state index contributed by atoms with van der Waals surface area (Å²) in [6, 6.07) is 12.3. The molecule has 0 bridgehead atoms. The molecule has 0 radical (unpaired) electrons. The van der Waals surface area contributed by atoms with Gasteiger partial charge in [0.2, 0.25) is 0 Å². The highest BCUT2D eigenvalue weighted by Crippen LogP contribution is 2.82. The molecule has 2 heterocycles. The summed E-state index contributed by atoms with van der Waals surface area (Å²) in [5.41, 5.74) is 5.60. The van der Waals surface area contributed by atoms with Crippen molar-refractivity contribution in [2.24, 2.45) is 21.6 Å². The first-order valence-electron chi connectivity index (χ1n) is 7.54. The highest BCUT2D eigenvalue weighted by molar-refractivity contribution is 6.00. The molecule has 2 aliphatic heterocycles. The number of hydrogen-bond acceptors (Lipinski definition) is 6. The van der Waals surface area contributed by atoms with Gasteiger partial charge >= 0.3 is 0 Å². The summed E-state index contributed by atoms with van der Waals surface area (Å²) < 4.78 is 11.7. The van der Waals surface area contributed by atoms with Crippen molar-refractivity contribution in [1.29, 1.82) is 10.5 Å². The molecule has 5 atom stereocenters. The molecule has 6 nitrogen and oxygen atoms in total. The number of nitriles is 2. The van der Waals surface area contributed by atoms with E-state index >= 15 is 0 Å². The SMILES string of the molecule is Cc1ccccc1[C@H]1[C@@]2(C#N)[C@@]3(N=C(N)[C@@]12C#N)OC[C@H](C)O3. The minimum Gasteiger partial charge on any atom is -0.386 e. The third-order valence-electron chi connectivity index (χ3n) is 5.30. The van der Waals surface area contributed by atoms with Gasteiger partial charge in [0, 0.05) is 5.92 Å². The molecule has 116 valence electrons. The number of hydrogen-bond donors (Lipinski definition) is 1. The van der Waals surface area contributed by atoms with Crippen molar-refractivity contribution < 1.29 is 9.47 Å². The number of amidine groups is 1. The number of ether oxygens (including phenoxy) is 2. The van der Waals surface area contributed by atoms with E-state index in [2.05, 4.69) is 17.1 Å². The number of aliphatic imine (C=N–C) groups is 1. The smallest absolute Gasteiger partial charge is 0.293 e. The van der Waals surface area contributed by atoms with Crippen LogP contribution in [0.15, 0.2) is 29.3 Å². The average molecular weight is 308 g/mol. The average Bonchev–Trinajstić information content (AvgIpc) is 2.91. The Kier molecular flexibility index (Phi) is 2.54. The molecule has 1 saturated heterocycles. The molecule has 4 rings (SSSR count). The van der Waals surface area contributed by atoms with Crippen molar-refractivity contribution in [3.8, 4) is 12.1 Å².